The Morgan fingerprint density at radius 3 is 1.04 bits per heavy atom. The first kappa shape index (κ1) is 27.0. The SMILES string of the molecule is CCCCCCCCCCCCCCCCCCCCCC(C)C(C)(C)N. The van der Waals surface area contributed by atoms with E-state index in [1.807, 2.05) is 0 Å². The van der Waals surface area contributed by atoms with Crippen molar-refractivity contribution in [2.75, 3.05) is 0 Å². The van der Waals surface area contributed by atoms with Gasteiger partial charge < -0.3 is 5.73 Å². The van der Waals surface area contributed by atoms with Gasteiger partial charge in [-0.15, -0.1) is 0 Å². The maximum atomic E-state index is 6.16. The summed E-state index contributed by atoms with van der Waals surface area (Å²) in [7, 11) is 0. The lowest BCUT2D eigenvalue weighted by molar-refractivity contribution is 0.316. The van der Waals surface area contributed by atoms with Crippen molar-refractivity contribution in [2.24, 2.45) is 11.7 Å². The molecule has 0 radical (unpaired) electrons. The van der Waals surface area contributed by atoms with Gasteiger partial charge >= 0.3 is 0 Å². The minimum Gasteiger partial charge on any atom is -0.325 e. The second kappa shape index (κ2) is 19.3. The third-order valence-electron chi connectivity index (χ3n) is 6.51. The number of rotatable bonds is 21. The van der Waals surface area contributed by atoms with Crippen LogP contribution in [0.5, 0.6) is 0 Å². The van der Waals surface area contributed by atoms with Crippen molar-refractivity contribution in [2.45, 2.75) is 162 Å². The molecule has 2 N–H and O–H groups in total. The van der Waals surface area contributed by atoms with E-state index < -0.39 is 0 Å². The van der Waals surface area contributed by atoms with Crippen molar-refractivity contribution in [3.05, 3.63) is 0 Å². The number of hydrogen-bond acceptors (Lipinski definition) is 1. The number of hydrogen-bond donors (Lipinski definition) is 1. The van der Waals surface area contributed by atoms with Crippen LogP contribution in [0.15, 0.2) is 0 Å². The van der Waals surface area contributed by atoms with Crippen molar-refractivity contribution >= 4 is 0 Å². The molecule has 0 rings (SSSR count). The molecule has 0 aliphatic heterocycles. The maximum absolute atomic E-state index is 6.16. The molecular weight excluding hydrogens is 326 g/mol. The van der Waals surface area contributed by atoms with Crippen LogP contribution in [0.2, 0.25) is 0 Å². The Labute approximate surface area is 173 Å². The van der Waals surface area contributed by atoms with Gasteiger partial charge in [0.15, 0.2) is 0 Å². The molecule has 164 valence electrons. The molecule has 1 atom stereocenters. The summed E-state index contributed by atoms with van der Waals surface area (Å²) >= 11 is 0. The van der Waals surface area contributed by atoms with Crippen molar-refractivity contribution in [1.29, 1.82) is 0 Å². The van der Waals surface area contributed by atoms with E-state index in [0.717, 1.165) is 0 Å². The van der Waals surface area contributed by atoms with Crippen LogP contribution in [0.25, 0.3) is 0 Å². The second-order valence-electron chi connectivity index (χ2n) is 9.88. The average molecular weight is 382 g/mol. The van der Waals surface area contributed by atoms with Gasteiger partial charge in [0.05, 0.1) is 0 Å². The fraction of sp³-hybridized carbons (Fsp3) is 1.00. The van der Waals surface area contributed by atoms with Crippen LogP contribution in [0.1, 0.15) is 156 Å². The van der Waals surface area contributed by atoms with E-state index in [9.17, 15) is 0 Å². The topological polar surface area (TPSA) is 26.0 Å². The zero-order valence-electron chi connectivity index (χ0n) is 19.8. The summed E-state index contributed by atoms with van der Waals surface area (Å²) in [6, 6.07) is 0. The second-order valence-corrected chi connectivity index (χ2v) is 9.88. The minimum absolute atomic E-state index is 0.00571. The Morgan fingerprint density at radius 2 is 0.778 bits per heavy atom. The van der Waals surface area contributed by atoms with Gasteiger partial charge in [0.25, 0.3) is 0 Å². The van der Waals surface area contributed by atoms with Crippen molar-refractivity contribution in [3.63, 3.8) is 0 Å². The fourth-order valence-electron chi connectivity index (χ4n) is 3.90. The molecule has 1 unspecified atom stereocenters. The highest BCUT2D eigenvalue weighted by molar-refractivity contribution is 4.78. The Balaban J connectivity index is 3.09. The fourth-order valence-corrected chi connectivity index (χ4v) is 3.90. The Kier molecular flexibility index (Phi) is 19.3. The molecule has 0 fully saturated rings. The van der Waals surface area contributed by atoms with Crippen LogP contribution < -0.4 is 5.73 Å². The quantitative estimate of drug-likeness (QED) is 0.197. The van der Waals surface area contributed by atoms with Gasteiger partial charge in [-0.3, -0.25) is 0 Å². The lowest BCUT2D eigenvalue weighted by Crippen LogP contribution is -2.39. The largest absolute Gasteiger partial charge is 0.325 e. The molecule has 0 saturated heterocycles. The molecule has 0 aromatic rings. The Hall–Kier alpha value is -0.0400. The monoisotopic (exact) mass is 381 g/mol. The van der Waals surface area contributed by atoms with Gasteiger partial charge in [0.1, 0.15) is 0 Å². The molecule has 0 spiro atoms. The first-order valence-electron chi connectivity index (χ1n) is 12.8. The molecule has 1 heteroatoms. The van der Waals surface area contributed by atoms with E-state index in [1.165, 1.54) is 128 Å². The summed E-state index contributed by atoms with van der Waals surface area (Å²) in [5.74, 6) is 0.642. The molecule has 0 saturated carbocycles. The summed E-state index contributed by atoms with van der Waals surface area (Å²) in [5, 5.41) is 0. The van der Waals surface area contributed by atoms with Crippen molar-refractivity contribution in [3.8, 4) is 0 Å². The smallest absolute Gasteiger partial charge is 0.0123 e. The number of nitrogens with two attached hydrogens (primary N) is 1. The molecule has 0 bridgehead atoms. The van der Waals surface area contributed by atoms with Crippen LogP contribution in [-0.4, -0.2) is 5.54 Å². The third-order valence-corrected chi connectivity index (χ3v) is 6.51. The molecule has 0 aromatic carbocycles. The summed E-state index contributed by atoms with van der Waals surface area (Å²) < 4.78 is 0. The van der Waals surface area contributed by atoms with E-state index in [1.54, 1.807) is 0 Å². The predicted octanol–water partition coefficient (Wildman–Crippen LogP) is 9.18. The Bertz CT molecular complexity index is 278. The maximum Gasteiger partial charge on any atom is 0.0123 e. The molecular formula is C26H55N. The zero-order valence-corrected chi connectivity index (χ0v) is 19.8. The van der Waals surface area contributed by atoms with E-state index in [4.69, 9.17) is 5.73 Å². The molecule has 0 heterocycles. The lowest BCUT2D eigenvalue weighted by Gasteiger charge is -2.27. The summed E-state index contributed by atoms with van der Waals surface area (Å²) in [4.78, 5) is 0. The first-order chi connectivity index (χ1) is 13.0. The van der Waals surface area contributed by atoms with Crippen LogP contribution >= 0.6 is 0 Å². The van der Waals surface area contributed by atoms with E-state index in [0.29, 0.717) is 5.92 Å². The Morgan fingerprint density at radius 1 is 0.519 bits per heavy atom. The van der Waals surface area contributed by atoms with E-state index >= 15 is 0 Å². The summed E-state index contributed by atoms with van der Waals surface area (Å²) in [6.07, 6.45) is 28.9. The minimum atomic E-state index is -0.00571. The molecule has 0 aliphatic carbocycles. The molecule has 1 nitrogen and oxygen atoms in total. The average Bonchev–Trinajstić information content (AvgIpc) is 2.62. The third kappa shape index (κ3) is 20.5. The van der Waals surface area contributed by atoms with Gasteiger partial charge in [0.2, 0.25) is 0 Å². The highest BCUT2D eigenvalue weighted by Gasteiger charge is 2.19. The predicted molar refractivity (Wildman–Crippen MR) is 125 cm³/mol. The first-order valence-corrected chi connectivity index (χ1v) is 12.8. The highest BCUT2D eigenvalue weighted by Crippen LogP contribution is 2.20. The molecule has 0 amide bonds. The number of unbranched alkanes of at least 4 members (excludes halogenated alkanes) is 18. The zero-order chi connectivity index (χ0) is 20.2. The summed E-state index contributed by atoms with van der Waals surface area (Å²) in [5.41, 5.74) is 6.15. The normalized spacial score (nSPS) is 13.2. The molecule has 0 aliphatic rings. The highest BCUT2D eigenvalue weighted by atomic mass is 14.7. The molecule has 0 aromatic heterocycles. The van der Waals surface area contributed by atoms with Gasteiger partial charge in [-0.25, -0.2) is 0 Å². The lowest BCUT2D eigenvalue weighted by atomic mass is 9.86. The van der Waals surface area contributed by atoms with Gasteiger partial charge in [-0.2, -0.15) is 0 Å². The van der Waals surface area contributed by atoms with E-state index in [2.05, 4.69) is 27.7 Å². The van der Waals surface area contributed by atoms with Crippen molar-refractivity contribution in [1.82, 2.24) is 0 Å². The van der Waals surface area contributed by atoms with Crippen LogP contribution in [0.4, 0.5) is 0 Å². The van der Waals surface area contributed by atoms with Crippen LogP contribution in [0.3, 0.4) is 0 Å². The van der Waals surface area contributed by atoms with Crippen LogP contribution in [0, 0.1) is 5.92 Å². The standard InChI is InChI=1S/C26H55N/c1-5-6-7-8-9-10-11-12-13-14-15-16-17-18-19-20-21-22-23-24-25(2)26(3,4)27/h25H,5-24,27H2,1-4H3. The van der Waals surface area contributed by atoms with Crippen LogP contribution in [-0.2, 0) is 0 Å². The summed E-state index contributed by atoms with van der Waals surface area (Å²) in [6.45, 7) is 8.92. The van der Waals surface area contributed by atoms with Gasteiger partial charge in [-0.05, 0) is 26.2 Å². The van der Waals surface area contributed by atoms with Crippen molar-refractivity contribution < 1.29 is 0 Å². The van der Waals surface area contributed by atoms with E-state index in [-0.39, 0.29) is 5.54 Å². The molecule has 27 heavy (non-hydrogen) atoms. The van der Waals surface area contributed by atoms with Gasteiger partial charge in [-0.1, -0.05) is 136 Å². The van der Waals surface area contributed by atoms with Gasteiger partial charge in [0, 0.05) is 5.54 Å².